The fraction of sp³-hybridized carbons (Fsp3) is 0.400. The van der Waals surface area contributed by atoms with Gasteiger partial charge in [0.15, 0.2) is 0 Å². The van der Waals surface area contributed by atoms with Crippen molar-refractivity contribution in [2.75, 3.05) is 43.8 Å². The van der Waals surface area contributed by atoms with E-state index < -0.39 is 0 Å². The van der Waals surface area contributed by atoms with E-state index in [1.165, 1.54) is 0 Å². The van der Waals surface area contributed by atoms with Gasteiger partial charge in [0.25, 0.3) is 0 Å². The molecule has 1 saturated carbocycles. The third-order valence-corrected chi connectivity index (χ3v) is 6.01. The second-order valence-electron chi connectivity index (χ2n) is 8.68. The molecule has 0 saturated heterocycles. The first-order chi connectivity index (χ1) is 16.4. The molecule has 0 spiro atoms. The van der Waals surface area contributed by atoms with Crippen molar-refractivity contribution in [2.24, 2.45) is 0 Å². The van der Waals surface area contributed by atoms with Crippen LogP contribution in [0.3, 0.4) is 0 Å². The molecule has 9 heteroatoms. The third-order valence-electron chi connectivity index (χ3n) is 6.01. The summed E-state index contributed by atoms with van der Waals surface area (Å²) in [7, 11) is 7.13. The largest absolute Gasteiger partial charge is 0.497 e. The van der Waals surface area contributed by atoms with Crippen LogP contribution in [0.4, 0.5) is 22.2 Å². The summed E-state index contributed by atoms with van der Waals surface area (Å²) in [6.45, 7) is 0. The molecule has 1 heterocycles. The highest BCUT2D eigenvalue weighted by atomic mass is 16.5. The smallest absolute Gasteiger partial charge is 0.319 e. The lowest BCUT2D eigenvalue weighted by atomic mass is 9.91. The molecule has 1 aromatic heterocycles. The zero-order valence-corrected chi connectivity index (χ0v) is 20.1. The van der Waals surface area contributed by atoms with E-state index in [-0.39, 0.29) is 18.1 Å². The van der Waals surface area contributed by atoms with Gasteiger partial charge in [-0.1, -0.05) is 12.1 Å². The molecule has 2 amide bonds. The molecule has 0 radical (unpaired) electrons. The minimum absolute atomic E-state index is 0.111. The number of hydrogen-bond donors (Lipinski definition) is 3. The van der Waals surface area contributed by atoms with Crippen LogP contribution in [0.15, 0.2) is 42.5 Å². The van der Waals surface area contributed by atoms with Crippen molar-refractivity contribution in [1.82, 2.24) is 15.3 Å². The van der Waals surface area contributed by atoms with E-state index >= 15 is 0 Å². The highest BCUT2D eigenvalue weighted by Crippen LogP contribution is 2.27. The summed E-state index contributed by atoms with van der Waals surface area (Å²) in [6.07, 6.45) is 3.60. The SMILES string of the molecule is COc1cc(NC(=O)NC2CCC(Nc3nc(N(C)C)c4ccccc4n3)CC2)cc(OC)c1. The van der Waals surface area contributed by atoms with Gasteiger partial charge in [0.1, 0.15) is 17.3 Å². The molecule has 9 nitrogen and oxygen atoms in total. The van der Waals surface area contributed by atoms with Crippen molar-refractivity contribution in [3.63, 3.8) is 0 Å². The Morgan fingerprint density at radius 2 is 1.59 bits per heavy atom. The zero-order chi connectivity index (χ0) is 24.1. The lowest BCUT2D eigenvalue weighted by molar-refractivity contribution is 0.243. The van der Waals surface area contributed by atoms with Gasteiger partial charge in [-0.25, -0.2) is 9.78 Å². The first kappa shape index (κ1) is 23.4. The van der Waals surface area contributed by atoms with Crippen molar-refractivity contribution in [3.8, 4) is 11.5 Å². The number of nitrogens with zero attached hydrogens (tertiary/aromatic N) is 3. The number of methoxy groups -OCH3 is 2. The normalized spacial score (nSPS) is 17.6. The monoisotopic (exact) mass is 464 g/mol. The second-order valence-corrected chi connectivity index (χ2v) is 8.68. The number of benzene rings is 2. The van der Waals surface area contributed by atoms with E-state index in [0.717, 1.165) is 42.4 Å². The van der Waals surface area contributed by atoms with Crippen molar-refractivity contribution < 1.29 is 14.3 Å². The van der Waals surface area contributed by atoms with Gasteiger partial charge in [0.05, 0.1) is 19.7 Å². The van der Waals surface area contributed by atoms with Gasteiger partial charge in [0, 0.05) is 55.5 Å². The van der Waals surface area contributed by atoms with Gasteiger partial charge in [0.2, 0.25) is 5.95 Å². The van der Waals surface area contributed by atoms with Crippen LogP contribution in [-0.2, 0) is 0 Å². The number of para-hydroxylation sites is 1. The van der Waals surface area contributed by atoms with Crippen molar-refractivity contribution in [3.05, 3.63) is 42.5 Å². The average molecular weight is 465 g/mol. The van der Waals surface area contributed by atoms with Crippen LogP contribution in [0.5, 0.6) is 11.5 Å². The Balaban J connectivity index is 1.32. The molecule has 0 unspecified atom stereocenters. The van der Waals surface area contributed by atoms with Crippen molar-refractivity contribution in [1.29, 1.82) is 0 Å². The number of aromatic nitrogens is 2. The maximum Gasteiger partial charge on any atom is 0.319 e. The second kappa shape index (κ2) is 10.5. The minimum atomic E-state index is -0.236. The average Bonchev–Trinajstić information content (AvgIpc) is 2.84. The number of carbonyl (C=O) groups is 1. The quantitative estimate of drug-likeness (QED) is 0.480. The third kappa shape index (κ3) is 5.59. The van der Waals surface area contributed by atoms with E-state index in [1.807, 2.05) is 43.3 Å². The van der Waals surface area contributed by atoms with Gasteiger partial charge in [-0.15, -0.1) is 0 Å². The van der Waals surface area contributed by atoms with E-state index in [2.05, 4.69) is 16.0 Å². The predicted octanol–water partition coefficient (Wildman–Crippen LogP) is 4.26. The van der Waals surface area contributed by atoms with E-state index in [1.54, 1.807) is 32.4 Å². The molecule has 1 aliphatic carbocycles. The Hall–Kier alpha value is -3.75. The zero-order valence-electron chi connectivity index (χ0n) is 20.1. The van der Waals surface area contributed by atoms with Crippen LogP contribution in [0, 0.1) is 0 Å². The van der Waals surface area contributed by atoms with Gasteiger partial charge in [-0.05, 0) is 37.8 Å². The number of anilines is 3. The Kier molecular flexibility index (Phi) is 7.20. The molecule has 4 rings (SSSR count). The Bertz CT molecular complexity index is 1120. The summed E-state index contributed by atoms with van der Waals surface area (Å²) in [5.41, 5.74) is 1.54. The fourth-order valence-corrected chi connectivity index (χ4v) is 4.26. The molecule has 3 N–H and O–H groups in total. The van der Waals surface area contributed by atoms with Crippen molar-refractivity contribution in [2.45, 2.75) is 37.8 Å². The van der Waals surface area contributed by atoms with Crippen LogP contribution >= 0.6 is 0 Å². The number of nitrogens with one attached hydrogen (secondary N) is 3. The van der Waals surface area contributed by atoms with Crippen LogP contribution in [-0.4, -0.2) is 56.4 Å². The van der Waals surface area contributed by atoms with Gasteiger partial charge >= 0.3 is 6.03 Å². The summed E-state index contributed by atoms with van der Waals surface area (Å²) in [5.74, 6) is 2.78. The molecule has 0 aliphatic heterocycles. The first-order valence-corrected chi connectivity index (χ1v) is 11.5. The molecule has 3 aromatic rings. The lowest BCUT2D eigenvalue weighted by Crippen LogP contribution is -2.42. The number of rotatable bonds is 7. The number of hydrogen-bond acceptors (Lipinski definition) is 7. The summed E-state index contributed by atoms with van der Waals surface area (Å²) in [5, 5.41) is 10.5. The Labute approximate surface area is 199 Å². The minimum Gasteiger partial charge on any atom is -0.497 e. The van der Waals surface area contributed by atoms with Crippen LogP contribution in [0.1, 0.15) is 25.7 Å². The summed E-state index contributed by atoms with van der Waals surface area (Å²) in [4.78, 5) is 24.0. The Morgan fingerprint density at radius 1 is 0.941 bits per heavy atom. The molecule has 0 bridgehead atoms. The summed E-state index contributed by atoms with van der Waals surface area (Å²) < 4.78 is 10.5. The molecule has 34 heavy (non-hydrogen) atoms. The number of urea groups is 1. The van der Waals surface area contributed by atoms with Gasteiger partial charge in [-0.3, -0.25) is 0 Å². The maximum atomic E-state index is 12.5. The van der Waals surface area contributed by atoms with Crippen LogP contribution < -0.4 is 30.3 Å². The highest BCUT2D eigenvalue weighted by Gasteiger charge is 2.23. The number of carbonyl (C=O) groups excluding carboxylic acids is 1. The van der Waals surface area contributed by atoms with Crippen molar-refractivity contribution >= 4 is 34.4 Å². The highest BCUT2D eigenvalue weighted by molar-refractivity contribution is 5.91. The first-order valence-electron chi connectivity index (χ1n) is 11.5. The number of fused-ring (bicyclic) bond motifs is 1. The van der Waals surface area contributed by atoms with Gasteiger partial charge < -0.3 is 30.3 Å². The van der Waals surface area contributed by atoms with E-state index in [4.69, 9.17) is 19.4 Å². The molecule has 0 atom stereocenters. The fourth-order valence-electron chi connectivity index (χ4n) is 4.26. The topological polar surface area (TPSA) is 101 Å². The molecular weight excluding hydrogens is 432 g/mol. The molecule has 1 fully saturated rings. The van der Waals surface area contributed by atoms with E-state index in [9.17, 15) is 4.79 Å². The Morgan fingerprint density at radius 3 is 2.24 bits per heavy atom. The molecular formula is C25H32N6O3. The summed E-state index contributed by atoms with van der Waals surface area (Å²) in [6, 6.07) is 13.5. The molecule has 180 valence electrons. The standard InChI is InChI=1S/C25H32N6O3/c1-31(2)23-21-7-5-6-8-22(21)29-24(30-23)26-16-9-11-17(12-10-16)27-25(32)28-18-13-19(33-3)15-20(14-18)34-4/h5-8,13-17H,9-12H2,1-4H3,(H,26,29,30)(H2,27,28,32). The van der Waals surface area contributed by atoms with Crippen LogP contribution in [0.25, 0.3) is 10.9 Å². The van der Waals surface area contributed by atoms with Crippen LogP contribution in [0.2, 0.25) is 0 Å². The van der Waals surface area contributed by atoms with E-state index in [0.29, 0.717) is 23.1 Å². The molecule has 1 aliphatic rings. The maximum absolute atomic E-state index is 12.5. The molecule has 2 aromatic carbocycles. The predicted molar refractivity (Wildman–Crippen MR) is 135 cm³/mol. The number of amides is 2. The van der Waals surface area contributed by atoms with Gasteiger partial charge in [-0.2, -0.15) is 4.98 Å². The number of ether oxygens (including phenoxy) is 2. The lowest BCUT2D eigenvalue weighted by Gasteiger charge is -2.30. The summed E-state index contributed by atoms with van der Waals surface area (Å²) >= 11 is 0.